The maximum absolute atomic E-state index is 12.2. The molecule has 0 saturated heterocycles. The van der Waals surface area contributed by atoms with Gasteiger partial charge in [0.05, 0.1) is 0 Å². The minimum atomic E-state index is -4.41. The standard InChI is InChI=1S/C11H12F3NO2/c1-2-15(7-11(12,13)14)10(17)8-3-5-9(16)6-4-8/h3-6,16H,2,7H2,1H3. The number of alkyl halides is 3. The van der Waals surface area contributed by atoms with Crippen molar-refractivity contribution in [3.8, 4) is 5.75 Å². The van der Waals surface area contributed by atoms with Gasteiger partial charge in [-0.3, -0.25) is 4.79 Å². The van der Waals surface area contributed by atoms with Gasteiger partial charge in [0.1, 0.15) is 12.3 Å². The lowest BCUT2D eigenvalue weighted by Gasteiger charge is -2.22. The first-order valence-electron chi connectivity index (χ1n) is 4.98. The van der Waals surface area contributed by atoms with Crippen molar-refractivity contribution in [2.45, 2.75) is 13.1 Å². The summed E-state index contributed by atoms with van der Waals surface area (Å²) in [5.41, 5.74) is 0.119. The lowest BCUT2D eigenvalue weighted by atomic mass is 10.2. The molecular weight excluding hydrogens is 235 g/mol. The molecule has 0 unspecified atom stereocenters. The Hall–Kier alpha value is -1.72. The van der Waals surface area contributed by atoms with Gasteiger partial charge in [0.2, 0.25) is 0 Å². The predicted molar refractivity (Wildman–Crippen MR) is 55.7 cm³/mol. The van der Waals surface area contributed by atoms with Gasteiger partial charge in [-0.15, -0.1) is 0 Å². The van der Waals surface area contributed by atoms with Crippen LogP contribution in [0.15, 0.2) is 24.3 Å². The van der Waals surface area contributed by atoms with Crippen molar-refractivity contribution in [3.63, 3.8) is 0 Å². The number of phenols is 1. The van der Waals surface area contributed by atoms with Gasteiger partial charge in [-0.2, -0.15) is 13.2 Å². The Labute approximate surface area is 96.5 Å². The number of phenolic OH excluding ortho intramolecular Hbond substituents is 1. The Kier molecular flexibility index (Phi) is 3.98. The normalized spacial score (nSPS) is 11.3. The van der Waals surface area contributed by atoms with E-state index in [1.807, 2.05) is 0 Å². The van der Waals surface area contributed by atoms with E-state index in [0.717, 1.165) is 0 Å². The van der Waals surface area contributed by atoms with Crippen molar-refractivity contribution in [1.82, 2.24) is 4.90 Å². The average Bonchev–Trinajstić information content (AvgIpc) is 2.25. The highest BCUT2D eigenvalue weighted by Crippen LogP contribution is 2.18. The van der Waals surface area contributed by atoms with Crippen LogP contribution in [0.2, 0.25) is 0 Å². The van der Waals surface area contributed by atoms with Gasteiger partial charge in [0, 0.05) is 12.1 Å². The number of aromatic hydroxyl groups is 1. The fourth-order valence-electron chi connectivity index (χ4n) is 1.33. The topological polar surface area (TPSA) is 40.5 Å². The largest absolute Gasteiger partial charge is 0.508 e. The zero-order valence-electron chi connectivity index (χ0n) is 9.16. The van der Waals surface area contributed by atoms with Gasteiger partial charge in [-0.1, -0.05) is 0 Å². The second-order valence-corrected chi connectivity index (χ2v) is 3.48. The third kappa shape index (κ3) is 3.97. The maximum Gasteiger partial charge on any atom is 0.406 e. The second-order valence-electron chi connectivity index (χ2n) is 3.48. The number of hydrogen-bond acceptors (Lipinski definition) is 2. The molecule has 1 aromatic carbocycles. The van der Waals surface area contributed by atoms with E-state index in [4.69, 9.17) is 5.11 Å². The third-order valence-electron chi connectivity index (χ3n) is 2.15. The zero-order chi connectivity index (χ0) is 13.1. The SMILES string of the molecule is CCN(CC(F)(F)F)C(=O)c1ccc(O)cc1. The molecule has 0 heterocycles. The molecule has 0 aliphatic rings. The van der Waals surface area contributed by atoms with E-state index in [1.54, 1.807) is 0 Å². The van der Waals surface area contributed by atoms with E-state index in [-0.39, 0.29) is 17.9 Å². The van der Waals surface area contributed by atoms with Crippen LogP contribution in [0.4, 0.5) is 13.2 Å². The second kappa shape index (κ2) is 5.07. The molecule has 0 bridgehead atoms. The van der Waals surface area contributed by atoms with E-state index in [1.165, 1.54) is 31.2 Å². The fraction of sp³-hybridized carbons (Fsp3) is 0.364. The Balaban J connectivity index is 2.83. The van der Waals surface area contributed by atoms with Crippen molar-refractivity contribution in [2.75, 3.05) is 13.1 Å². The summed E-state index contributed by atoms with van der Waals surface area (Å²) in [6.45, 7) is 0.173. The first-order valence-corrected chi connectivity index (χ1v) is 4.98. The van der Waals surface area contributed by atoms with E-state index >= 15 is 0 Å². The Morgan fingerprint density at radius 2 is 1.82 bits per heavy atom. The minimum absolute atomic E-state index is 0.0286. The molecule has 6 heteroatoms. The third-order valence-corrected chi connectivity index (χ3v) is 2.15. The molecule has 0 aromatic heterocycles. The molecule has 0 saturated carbocycles. The van der Waals surface area contributed by atoms with Crippen LogP contribution in [0.1, 0.15) is 17.3 Å². The fourth-order valence-corrected chi connectivity index (χ4v) is 1.33. The molecule has 0 atom stereocenters. The van der Waals surface area contributed by atoms with Crippen LogP contribution in [-0.4, -0.2) is 35.2 Å². The van der Waals surface area contributed by atoms with Gasteiger partial charge in [-0.25, -0.2) is 0 Å². The van der Waals surface area contributed by atoms with Crippen molar-refractivity contribution in [3.05, 3.63) is 29.8 Å². The molecule has 17 heavy (non-hydrogen) atoms. The molecule has 0 aliphatic carbocycles. The molecule has 0 fully saturated rings. The van der Waals surface area contributed by atoms with Gasteiger partial charge < -0.3 is 10.0 Å². The van der Waals surface area contributed by atoms with Crippen molar-refractivity contribution >= 4 is 5.91 Å². The number of rotatable bonds is 3. The summed E-state index contributed by atoms with van der Waals surface area (Å²) < 4.78 is 36.6. The van der Waals surface area contributed by atoms with Crippen LogP contribution < -0.4 is 0 Å². The molecule has 1 aromatic rings. The molecule has 0 radical (unpaired) electrons. The lowest BCUT2D eigenvalue weighted by molar-refractivity contribution is -0.140. The average molecular weight is 247 g/mol. The van der Waals surface area contributed by atoms with Gasteiger partial charge in [-0.05, 0) is 31.2 Å². The van der Waals surface area contributed by atoms with E-state index in [2.05, 4.69) is 0 Å². The summed E-state index contributed by atoms with van der Waals surface area (Å²) >= 11 is 0. The Morgan fingerprint density at radius 3 is 2.24 bits per heavy atom. The summed E-state index contributed by atoms with van der Waals surface area (Å²) in [4.78, 5) is 12.4. The summed E-state index contributed by atoms with van der Waals surface area (Å²) in [7, 11) is 0. The van der Waals surface area contributed by atoms with Crippen LogP contribution in [0.3, 0.4) is 0 Å². The molecule has 3 nitrogen and oxygen atoms in total. The number of carbonyl (C=O) groups is 1. The monoisotopic (exact) mass is 247 g/mol. The van der Waals surface area contributed by atoms with E-state index in [0.29, 0.717) is 4.90 Å². The van der Waals surface area contributed by atoms with E-state index < -0.39 is 18.6 Å². The highest BCUT2D eigenvalue weighted by atomic mass is 19.4. The smallest absolute Gasteiger partial charge is 0.406 e. The molecule has 0 spiro atoms. The minimum Gasteiger partial charge on any atom is -0.508 e. The first-order chi connectivity index (χ1) is 7.83. The van der Waals surface area contributed by atoms with Crippen LogP contribution >= 0.6 is 0 Å². The molecule has 1 rings (SSSR count). The van der Waals surface area contributed by atoms with Crippen LogP contribution in [-0.2, 0) is 0 Å². The van der Waals surface area contributed by atoms with Crippen LogP contribution in [0, 0.1) is 0 Å². The number of halogens is 3. The summed E-state index contributed by atoms with van der Waals surface area (Å²) in [6.07, 6.45) is -4.41. The number of nitrogens with zero attached hydrogens (tertiary/aromatic N) is 1. The maximum atomic E-state index is 12.2. The highest BCUT2D eigenvalue weighted by Gasteiger charge is 2.32. The molecular formula is C11H12F3NO2. The zero-order valence-corrected chi connectivity index (χ0v) is 9.16. The summed E-state index contributed by atoms with van der Waals surface area (Å²) in [5.74, 6) is -0.745. The van der Waals surface area contributed by atoms with Crippen LogP contribution in [0.25, 0.3) is 0 Å². The van der Waals surface area contributed by atoms with Gasteiger partial charge in [0.15, 0.2) is 0 Å². The predicted octanol–water partition coefficient (Wildman–Crippen LogP) is 2.42. The molecule has 94 valence electrons. The number of amides is 1. The quantitative estimate of drug-likeness (QED) is 0.891. The summed E-state index contributed by atoms with van der Waals surface area (Å²) in [6, 6.07) is 5.09. The first kappa shape index (κ1) is 13.3. The van der Waals surface area contributed by atoms with Crippen molar-refractivity contribution < 1.29 is 23.1 Å². The molecule has 1 amide bonds. The number of hydrogen-bond donors (Lipinski definition) is 1. The van der Waals surface area contributed by atoms with Crippen LogP contribution in [0.5, 0.6) is 5.75 Å². The highest BCUT2D eigenvalue weighted by molar-refractivity contribution is 5.94. The van der Waals surface area contributed by atoms with Gasteiger partial charge >= 0.3 is 6.18 Å². The lowest BCUT2D eigenvalue weighted by Crippen LogP contribution is -2.38. The van der Waals surface area contributed by atoms with Gasteiger partial charge in [0.25, 0.3) is 5.91 Å². The Bertz CT molecular complexity index is 387. The van der Waals surface area contributed by atoms with E-state index in [9.17, 15) is 18.0 Å². The molecule has 0 aliphatic heterocycles. The number of carbonyl (C=O) groups excluding carboxylic acids is 1. The summed E-state index contributed by atoms with van der Waals surface area (Å²) in [5, 5.41) is 9.02. The number of benzene rings is 1. The molecule has 1 N–H and O–H groups in total. The van der Waals surface area contributed by atoms with Crippen molar-refractivity contribution in [1.29, 1.82) is 0 Å². The van der Waals surface area contributed by atoms with Crippen molar-refractivity contribution in [2.24, 2.45) is 0 Å². The Morgan fingerprint density at radius 1 is 1.29 bits per heavy atom.